The number of aromatic hydroxyl groups is 2. The molecule has 4 heteroatoms. The number of phenols is 2. The van der Waals surface area contributed by atoms with Gasteiger partial charge in [-0.15, -0.1) is 17.0 Å². The first-order chi connectivity index (χ1) is 9.22. The number of fused-ring (bicyclic) bond motifs is 3. The van der Waals surface area contributed by atoms with Gasteiger partial charge < -0.3 is 10.2 Å². The van der Waals surface area contributed by atoms with Crippen molar-refractivity contribution >= 4 is 17.0 Å². The number of halogens is 1. The van der Waals surface area contributed by atoms with E-state index in [9.17, 15) is 10.2 Å². The van der Waals surface area contributed by atoms with Gasteiger partial charge in [0, 0.05) is 11.6 Å². The predicted octanol–water partition coefficient (Wildman–Crippen LogP) is 3.58. The molecule has 1 aromatic carbocycles. The van der Waals surface area contributed by atoms with Gasteiger partial charge in [-0.25, -0.2) is 0 Å². The lowest BCUT2D eigenvalue weighted by atomic mass is 9.74. The SMILES string of the molecule is Br.CCCN1CCCC2c3ccc(O)c(O)c3CCC21. The highest BCUT2D eigenvalue weighted by Gasteiger charge is 2.37. The minimum Gasteiger partial charge on any atom is -0.504 e. The van der Waals surface area contributed by atoms with Gasteiger partial charge in [0.25, 0.3) is 0 Å². The highest BCUT2D eigenvalue weighted by molar-refractivity contribution is 8.93. The van der Waals surface area contributed by atoms with Gasteiger partial charge in [-0.2, -0.15) is 0 Å². The van der Waals surface area contributed by atoms with Crippen LogP contribution in [-0.4, -0.2) is 34.2 Å². The van der Waals surface area contributed by atoms with E-state index in [1.165, 1.54) is 37.9 Å². The van der Waals surface area contributed by atoms with Gasteiger partial charge in [-0.05, 0) is 62.7 Å². The summed E-state index contributed by atoms with van der Waals surface area (Å²) in [6, 6.07) is 4.30. The van der Waals surface area contributed by atoms with Crippen LogP contribution in [0.15, 0.2) is 12.1 Å². The summed E-state index contributed by atoms with van der Waals surface area (Å²) in [5.74, 6) is 0.678. The average molecular weight is 342 g/mol. The third-order valence-electron chi connectivity index (χ3n) is 4.79. The predicted molar refractivity (Wildman–Crippen MR) is 86.0 cm³/mol. The number of benzene rings is 1. The Hall–Kier alpha value is -0.740. The Kier molecular flexibility index (Phi) is 4.97. The van der Waals surface area contributed by atoms with Crippen molar-refractivity contribution in [2.24, 2.45) is 0 Å². The van der Waals surface area contributed by atoms with Crippen molar-refractivity contribution in [3.05, 3.63) is 23.3 Å². The lowest BCUT2D eigenvalue weighted by molar-refractivity contribution is 0.112. The second-order valence-corrected chi connectivity index (χ2v) is 5.89. The molecule has 3 rings (SSSR count). The molecule has 3 nitrogen and oxygen atoms in total. The molecule has 0 bridgehead atoms. The molecule has 1 fully saturated rings. The number of phenolic OH excluding ortho intramolecular Hbond substituents is 2. The fraction of sp³-hybridized carbons (Fsp3) is 0.625. The molecule has 0 saturated carbocycles. The Morgan fingerprint density at radius 2 is 2.05 bits per heavy atom. The van der Waals surface area contributed by atoms with E-state index in [4.69, 9.17) is 0 Å². The van der Waals surface area contributed by atoms with Crippen LogP contribution in [0, 0.1) is 0 Å². The Balaban J connectivity index is 0.00000147. The van der Waals surface area contributed by atoms with Gasteiger partial charge in [0.05, 0.1) is 0 Å². The Morgan fingerprint density at radius 1 is 1.25 bits per heavy atom. The van der Waals surface area contributed by atoms with E-state index in [1.807, 2.05) is 6.07 Å². The zero-order chi connectivity index (χ0) is 13.4. The summed E-state index contributed by atoms with van der Waals surface area (Å²) < 4.78 is 0. The van der Waals surface area contributed by atoms with Crippen molar-refractivity contribution in [3.8, 4) is 11.5 Å². The molecule has 20 heavy (non-hydrogen) atoms. The molecule has 1 aromatic rings. The Bertz CT molecular complexity index is 476. The zero-order valence-electron chi connectivity index (χ0n) is 12.0. The first kappa shape index (κ1) is 15.6. The summed E-state index contributed by atoms with van der Waals surface area (Å²) >= 11 is 0. The quantitative estimate of drug-likeness (QED) is 0.808. The number of likely N-dealkylation sites (tertiary alicyclic amines) is 1. The number of nitrogens with zero attached hydrogens (tertiary/aromatic N) is 1. The Labute approximate surface area is 131 Å². The van der Waals surface area contributed by atoms with Crippen molar-refractivity contribution in [1.29, 1.82) is 0 Å². The summed E-state index contributed by atoms with van der Waals surface area (Å²) in [6.45, 7) is 4.64. The molecular formula is C16H24BrNO2. The van der Waals surface area contributed by atoms with Crippen LogP contribution in [0.4, 0.5) is 0 Å². The van der Waals surface area contributed by atoms with Crippen molar-refractivity contribution in [3.63, 3.8) is 0 Å². The third-order valence-corrected chi connectivity index (χ3v) is 4.79. The van der Waals surface area contributed by atoms with E-state index in [2.05, 4.69) is 11.8 Å². The maximum Gasteiger partial charge on any atom is 0.160 e. The Morgan fingerprint density at radius 3 is 2.80 bits per heavy atom. The summed E-state index contributed by atoms with van der Waals surface area (Å²) in [5, 5.41) is 19.7. The lowest BCUT2D eigenvalue weighted by Crippen LogP contribution is -2.46. The smallest absolute Gasteiger partial charge is 0.160 e. The van der Waals surface area contributed by atoms with E-state index in [0.717, 1.165) is 18.4 Å². The molecule has 112 valence electrons. The molecule has 2 unspecified atom stereocenters. The zero-order valence-corrected chi connectivity index (χ0v) is 13.7. The van der Waals surface area contributed by atoms with Crippen LogP contribution in [0.2, 0.25) is 0 Å². The lowest BCUT2D eigenvalue weighted by Gasteiger charge is -2.45. The summed E-state index contributed by atoms with van der Waals surface area (Å²) in [6.07, 6.45) is 5.65. The van der Waals surface area contributed by atoms with E-state index in [0.29, 0.717) is 12.0 Å². The molecule has 2 aliphatic rings. The molecule has 1 aliphatic heterocycles. The van der Waals surface area contributed by atoms with Crippen LogP contribution in [0.3, 0.4) is 0 Å². The minimum atomic E-state index is 0. The van der Waals surface area contributed by atoms with E-state index in [1.54, 1.807) is 6.07 Å². The van der Waals surface area contributed by atoms with Crippen LogP contribution in [0.25, 0.3) is 0 Å². The van der Waals surface area contributed by atoms with Crippen molar-refractivity contribution in [1.82, 2.24) is 4.90 Å². The first-order valence-electron chi connectivity index (χ1n) is 7.50. The molecule has 2 N–H and O–H groups in total. The average Bonchev–Trinajstić information content (AvgIpc) is 2.43. The number of hydrogen-bond acceptors (Lipinski definition) is 3. The van der Waals surface area contributed by atoms with E-state index < -0.39 is 0 Å². The van der Waals surface area contributed by atoms with E-state index >= 15 is 0 Å². The number of piperidine rings is 1. The van der Waals surface area contributed by atoms with Gasteiger partial charge in [0.2, 0.25) is 0 Å². The van der Waals surface area contributed by atoms with Crippen LogP contribution in [-0.2, 0) is 6.42 Å². The highest BCUT2D eigenvalue weighted by Crippen LogP contribution is 2.45. The van der Waals surface area contributed by atoms with Crippen LogP contribution in [0.1, 0.15) is 49.7 Å². The van der Waals surface area contributed by atoms with E-state index in [-0.39, 0.29) is 28.5 Å². The molecule has 1 aliphatic carbocycles. The molecule has 0 radical (unpaired) electrons. The summed E-state index contributed by atoms with van der Waals surface area (Å²) in [7, 11) is 0. The van der Waals surface area contributed by atoms with Crippen LogP contribution < -0.4 is 0 Å². The minimum absolute atomic E-state index is 0. The second-order valence-electron chi connectivity index (χ2n) is 5.89. The van der Waals surface area contributed by atoms with Gasteiger partial charge in [0.15, 0.2) is 11.5 Å². The molecule has 1 heterocycles. The molecule has 0 amide bonds. The standard InChI is InChI=1S/C16H23NO2.BrH/c1-2-9-17-10-3-4-12-11-6-8-15(18)16(19)13(11)5-7-14(12)17;/h6,8,12,14,18-19H,2-5,7,9-10H2,1H3;1H. The summed E-state index contributed by atoms with van der Waals surface area (Å²) in [4.78, 5) is 2.63. The second kappa shape index (κ2) is 6.35. The number of rotatable bonds is 2. The normalized spacial score (nSPS) is 25.4. The molecular weight excluding hydrogens is 318 g/mol. The largest absolute Gasteiger partial charge is 0.504 e. The van der Waals surface area contributed by atoms with Crippen molar-refractivity contribution < 1.29 is 10.2 Å². The first-order valence-corrected chi connectivity index (χ1v) is 7.50. The summed E-state index contributed by atoms with van der Waals surface area (Å²) in [5.41, 5.74) is 2.26. The van der Waals surface area contributed by atoms with Crippen molar-refractivity contribution in [2.45, 2.75) is 51.0 Å². The molecule has 0 aromatic heterocycles. The fourth-order valence-corrected chi connectivity index (χ4v) is 3.98. The topological polar surface area (TPSA) is 43.7 Å². The van der Waals surface area contributed by atoms with Gasteiger partial charge in [0.1, 0.15) is 0 Å². The fourth-order valence-electron chi connectivity index (χ4n) is 3.98. The maximum atomic E-state index is 10.0. The van der Waals surface area contributed by atoms with Gasteiger partial charge in [-0.1, -0.05) is 13.0 Å². The van der Waals surface area contributed by atoms with Crippen LogP contribution in [0.5, 0.6) is 11.5 Å². The van der Waals surface area contributed by atoms with Gasteiger partial charge in [-0.3, -0.25) is 4.90 Å². The third kappa shape index (κ3) is 2.56. The number of hydrogen-bond donors (Lipinski definition) is 2. The van der Waals surface area contributed by atoms with Crippen molar-refractivity contribution in [2.75, 3.05) is 13.1 Å². The van der Waals surface area contributed by atoms with Crippen LogP contribution >= 0.6 is 17.0 Å². The molecule has 0 spiro atoms. The highest BCUT2D eigenvalue weighted by atomic mass is 79.9. The molecule has 2 atom stereocenters. The molecule has 1 saturated heterocycles. The maximum absolute atomic E-state index is 10.0. The monoisotopic (exact) mass is 341 g/mol. The van der Waals surface area contributed by atoms with Gasteiger partial charge >= 0.3 is 0 Å².